The van der Waals surface area contributed by atoms with Gasteiger partial charge < -0.3 is 24.3 Å². The standard InChI is InChI=1S/C25H24N4O7/c1-2-33-23-11-18(5-9-21(23)34-15-17-3-7-20(8-4-17)29(31)32)13-27-28-25(30)14-26-19-6-10-22-24(12-19)36-16-35-22/h3-13,26H,2,14-16H2,1H3,(H,28,30)/b27-13-. The minimum Gasteiger partial charge on any atom is -0.490 e. The van der Waals surface area contributed by atoms with Crippen molar-refractivity contribution in [3.05, 3.63) is 81.9 Å². The number of hydrazone groups is 1. The summed E-state index contributed by atoms with van der Waals surface area (Å²) in [5.74, 6) is 2.01. The molecule has 0 saturated carbocycles. The minimum absolute atomic E-state index is 0.0215. The van der Waals surface area contributed by atoms with Gasteiger partial charge in [0.05, 0.1) is 24.3 Å². The summed E-state index contributed by atoms with van der Waals surface area (Å²) in [4.78, 5) is 22.5. The molecule has 1 aliphatic rings. The summed E-state index contributed by atoms with van der Waals surface area (Å²) in [6, 6.07) is 16.7. The highest BCUT2D eigenvalue weighted by Crippen LogP contribution is 2.34. The second-order valence-corrected chi connectivity index (χ2v) is 7.57. The predicted molar refractivity (Wildman–Crippen MR) is 132 cm³/mol. The number of benzene rings is 3. The third-order valence-corrected chi connectivity index (χ3v) is 5.04. The zero-order valence-corrected chi connectivity index (χ0v) is 19.4. The zero-order valence-electron chi connectivity index (χ0n) is 19.4. The molecule has 3 aromatic rings. The number of anilines is 1. The van der Waals surface area contributed by atoms with Gasteiger partial charge in [-0.2, -0.15) is 5.10 Å². The SMILES string of the molecule is CCOc1cc(/C=N\NC(=O)CNc2ccc3c(c2)OCO3)ccc1OCc1ccc([N+](=O)[O-])cc1. The van der Waals surface area contributed by atoms with E-state index in [-0.39, 0.29) is 31.5 Å². The zero-order chi connectivity index (χ0) is 25.3. The first-order chi connectivity index (χ1) is 17.5. The summed E-state index contributed by atoms with van der Waals surface area (Å²) in [5, 5.41) is 17.8. The van der Waals surface area contributed by atoms with Crippen molar-refractivity contribution in [1.82, 2.24) is 5.43 Å². The Morgan fingerprint density at radius 1 is 1.06 bits per heavy atom. The number of ether oxygens (including phenoxy) is 4. The Balaban J connectivity index is 1.29. The molecule has 0 fully saturated rings. The number of nitro groups is 1. The molecule has 2 N–H and O–H groups in total. The van der Waals surface area contributed by atoms with E-state index >= 15 is 0 Å². The maximum atomic E-state index is 12.1. The Morgan fingerprint density at radius 3 is 2.64 bits per heavy atom. The number of rotatable bonds is 11. The van der Waals surface area contributed by atoms with Crippen LogP contribution >= 0.6 is 0 Å². The van der Waals surface area contributed by atoms with E-state index in [9.17, 15) is 14.9 Å². The van der Waals surface area contributed by atoms with Gasteiger partial charge in [-0.1, -0.05) is 0 Å². The van der Waals surface area contributed by atoms with Gasteiger partial charge in [-0.3, -0.25) is 14.9 Å². The maximum Gasteiger partial charge on any atom is 0.269 e. The smallest absolute Gasteiger partial charge is 0.269 e. The van der Waals surface area contributed by atoms with Gasteiger partial charge in [0.25, 0.3) is 11.6 Å². The highest BCUT2D eigenvalue weighted by Gasteiger charge is 2.13. The normalized spacial score (nSPS) is 11.8. The monoisotopic (exact) mass is 492 g/mol. The quantitative estimate of drug-likeness (QED) is 0.234. The van der Waals surface area contributed by atoms with Gasteiger partial charge in [0.2, 0.25) is 6.79 Å². The summed E-state index contributed by atoms with van der Waals surface area (Å²) >= 11 is 0. The Labute approximate surface area is 206 Å². The van der Waals surface area contributed by atoms with Crippen LogP contribution in [0.1, 0.15) is 18.1 Å². The summed E-state index contributed by atoms with van der Waals surface area (Å²) in [7, 11) is 0. The van der Waals surface area contributed by atoms with Gasteiger partial charge in [0.15, 0.2) is 23.0 Å². The summed E-state index contributed by atoms with van der Waals surface area (Å²) in [5.41, 5.74) is 4.70. The molecular formula is C25H24N4O7. The van der Waals surface area contributed by atoms with Crippen molar-refractivity contribution in [3.8, 4) is 23.0 Å². The first-order valence-corrected chi connectivity index (χ1v) is 11.1. The van der Waals surface area contributed by atoms with Crippen molar-refractivity contribution in [1.29, 1.82) is 0 Å². The lowest BCUT2D eigenvalue weighted by Gasteiger charge is -2.12. The molecule has 186 valence electrons. The largest absolute Gasteiger partial charge is 0.490 e. The second-order valence-electron chi connectivity index (χ2n) is 7.57. The third kappa shape index (κ3) is 6.41. The van der Waals surface area contributed by atoms with Crippen LogP contribution in [0.3, 0.4) is 0 Å². The molecule has 1 heterocycles. The molecule has 1 amide bonds. The highest BCUT2D eigenvalue weighted by molar-refractivity contribution is 5.85. The van der Waals surface area contributed by atoms with Crippen molar-refractivity contribution >= 4 is 23.5 Å². The number of non-ortho nitro benzene ring substituents is 1. The molecule has 11 heteroatoms. The lowest BCUT2D eigenvalue weighted by atomic mass is 10.2. The van der Waals surface area contributed by atoms with E-state index in [1.807, 2.05) is 6.92 Å². The number of hydrogen-bond acceptors (Lipinski definition) is 9. The van der Waals surface area contributed by atoms with Crippen molar-refractivity contribution in [2.24, 2.45) is 5.10 Å². The molecule has 0 spiro atoms. The van der Waals surface area contributed by atoms with Gasteiger partial charge in [0, 0.05) is 23.9 Å². The van der Waals surface area contributed by atoms with Crippen LogP contribution in [0, 0.1) is 10.1 Å². The van der Waals surface area contributed by atoms with Crippen LogP contribution in [-0.4, -0.2) is 37.0 Å². The molecule has 11 nitrogen and oxygen atoms in total. The Morgan fingerprint density at radius 2 is 1.86 bits per heavy atom. The number of hydrogen-bond donors (Lipinski definition) is 2. The molecule has 0 unspecified atom stereocenters. The van der Waals surface area contributed by atoms with Gasteiger partial charge >= 0.3 is 0 Å². The number of nitrogens with zero attached hydrogens (tertiary/aromatic N) is 2. The average molecular weight is 492 g/mol. The molecule has 3 aromatic carbocycles. The van der Waals surface area contributed by atoms with Crippen molar-refractivity contribution in [2.75, 3.05) is 25.3 Å². The van der Waals surface area contributed by atoms with Crippen LogP contribution in [0.5, 0.6) is 23.0 Å². The van der Waals surface area contributed by atoms with Gasteiger partial charge in [0.1, 0.15) is 6.61 Å². The molecule has 0 bridgehead atoms. The van der Waals surface area contributed by atoms with E-state index in [0.717, 1.165) is 11.3 Å². The Hall–Kier alpha value is -4.80. The van der Waals surface area contributed by atoms with Gasteiger partial charge in [-0.25, -0.2) is 5.43 Å². The average Bonchev–Trinajstić information content (AvgIpc) is 3.35. The van der Waals surface area contributed by atoms with Gasteiger partial charge in [-0.15, -0.1) is 0 Å². The molecule has 0 radical (unpaired) electrons. The van der Waals surface area contributed by atoms with Gasteiger partial charge in [-0.05, 0) is 60.5 Å². The highest BCUT2D eigenvalue weighted by atomic mass is 16.7. The molecule has 0 atom stereocenters. The summed E-state index contributed by atoms with van der Waals surface area (Å²) < 4.78 is 22.1. The number of carbonyl (C=O) groups is 1. The van der Waals surface area contributed by atoms with Crippen LogP contribution in [0.4, 0.5) is 11.4 Å². The molecule has 0 saturated heterocycles. The first kappa shape index (κ1) is 24.3. The number of nitro benzene ring substituents is 1. The molecular weight excluding hydrogens is 468 g/mol. The van der Waals surface area contributed by atoms with Crippen molar-refractivity contribution in [2.45, 2.75) is 13.5 Å². The second kappa shape index (κ2) is 11.6. The van der Waals surface area contributed by atoms with Crippen molar-refractivity contribution < 1.29 is 28.7 Å². The molecule has 0 aromatic heterocycles. The lowest BCUT2D eigenvalue weighted by Crippen LogP contribution is -2.25. The van der Waals surface area contributed by atoms with Crippen LogP contribution in [-0.2, 0) is 11.4 Å². The number of fused-ring (bicyclic) bond motifs is 1. The number of amides is 1. The minimum atomic E-state index is -0.448. The fourth-order valence-corrected chi connectivity index (χ4v) is 3.27. The molecule has 0 aliphatic carbocycles. The molecule has 36 heavy (non-hydrogen) atoms. The topological polar surface area (TPSA) is 134 Å². The fraction of sp³-hybridized carbons (Fsp3) is 0.200. The van der Waals surface area contributed by atoms with E-state index in [1.54, 1.807) is 48.5 Å². The van der Waals surface area contributed by atoms with Crippen molar-refractivity contribution in [3.63, 3.8) is 0 Å². The van der Waals surface area contributed by atoms with E-state index < -0.39 is 4.92 Å². The van der Waals surface area contributed by atoms with E-state index in [1.165, 1.54) is 18.3 Å². The molecule has 1 aliphatic heterocycles. The third-order valence-electron chi connectivity index (χ3n) is 5.04. The predicted octanol–water partition coefficient (Wildman–Crippen LogP) is 3.86. The van der Waals surface area contributed by atoms with Crippen LogP contribution < -0.4 is 29.7 Å². The summed E-state index contributed by atoms with van der Waals surface area (Å²) in [6.45, 7) is 2.71. The van der Waals surface area contributed by atoms with E-state index in [2.05, 4.69) is 15.8 Å². The Bertz CT molecular complexity index is 1260. The van der Waals surface area contributed by atoms with E-state index in [4.69, 9.17) is 18.9 Å². The first-order valence-electron chi connectivity index (χ1n) is 11.1. The fourth-order valence-electron chi connectivity index (χ4n) is 3.27. The lowest BCUT2D eigenvalue weighted by molar-refractivity contribution is -0.384. The van der Waals surface area contributed by atoms with Crippen LogP contribution in [0.25, 0.3) is 0 Å². The Kier molecular flexibility index (Phi) is 7.81. The maximum absolute atomic E-state index is 12.1. The summed E-state index contributed by atoms with van der Waals surface area (Å²) in [6.07, 6.45) is 1.50. The van der Waals surface area contributed by atoms with Crippen LogP contribution in [0.15, 0.2) is 65.8 Å². The van der Waals surface area contributed by atoms with Crippen LogP contribution in [0.2, 0.25) is 0 Å². The number of carbonyl (C=O) groups excluding carboxylic acids is 1. The number of nitrogens with one attached hydrogen (secondary N) is 2. The van der Waals surface area contributed by atoms with E-state index in [0.29, 0.717) is 35.2 Å². The molecule has 4 rings (SSSR count).